The lowest BCUT2D eigenvalue weighted by Gasteiger charge is -2.15. The van der Waals surface area contributed by atoms with Crippen LogP contribution in [0.3, 0.4) is 0 Å². The highest BCUT2D eigenvalue weighted by molar-refractivity contribution is 7.10. The molecule has 0 unspecified atom stereocenters. The summed E-state index contributed by atoms with van der Waals surface area (Å²) >= 11 is 1.52. The summed E-state index contributed by atoms with van der Waals surface area (Å²) in [6.45, 7) is -2.08. The number of carbonyl (C=O) groups is 1. The number of aliphatic hydroxyl groups excluding tert-OH is 1. The van der Waals surface area contributed by atoms with Crippen molar-refractivity contribution in [2.45, 2.75) is 31.6 Å². The molecule has 0 atom stereocenters. The molecule has 0 spiro atoms. The van der Waals surface area contributed by atoms with Gasteiger partial charge in [0, 0.05) is 10.3 Å². The fourth-order valence-corrected chi connectivity index (χ4v) is 3.17. The van der Waals surface area contributed by atoms with Crippen LogP contribution in [0, 0.1) is 0 Å². The van der Waals surface area contributed by atoms with Crippen molar-refractivity contribution in [3.63, 3.8) is 0 Å². The van der Waals surface area contributed by atoms with Crippen LogP contribution in [0.4, 0.5) is 8.78 Å². The molecule has 100 valence electrons. The SMILES string of the molecule is O=C(NCC(F)(F)CO)c1csc2c1CCCC2. The third-order valence-corrected chi connectivity index (χ3v) is 4.13. The van der Waals surface area contributed by atoms with Gasteiger partial charge in [-0.05, 0) is 31.2 Å². The van der Waals surface area contributed by atoms with Gasteiger partial charge in [-0.15, -0.1) is 11.3 Å². The summed E-state index contributed by atoms with van der Waals surface area (Å²) in [5.41, 5.74) is 1.53. The molecule has 1 amide bonds. The lowest BCUT2D eigenvalue weighted by molar-refractivity contribution is -0.0462. The van der Waals surface area contributed by atoms with Gasteiger partial charge in [-0.2, -0.15) is 0 Å². The Morgan fingerprint density at radius 3 is 2.89 bits per heavy atom. The molecule has 6 heteroatoms. The molecule has 2 N–H and O–H groups in total. The Balaban J connectivity index is 2.03. The van der Waals surface area contributed by atoms with Crippen molar-refractivity contribution >= 4 is 17.2 Å². The topological polar surface area (TPSA) is 49.3 Å². The van der Waals surface area contributed by atoms with Crippen LogP contribution in [0.5, 0.6) is 0 Å². The summed E-state index contributed by atoms with van der Waals surface area (Å²) in [7, 11) is 0. The Morgan fingerprint density at radius 2 is 2.17 bits per heavy atom. The number of nitrogens with one attached hydrogen (secondary N) is 1. The first-order chi connectivity index (χ1) is 8.53. The van der Waals surface area contributed by atoms with E-state index in [9.17, 15) is 13.6 Å². The van der Waals surface area contributed by atoms with Gasteiger partial charge in [-0.25, -0.2) is 8.78 Å². The maximum atomic E-state index is 12.8. The minimum Gasteiger partial charge on any atom is -0.390 e. The summed E-state index contributed by atoms with van der Waals surface area (Å²) in [6, 6.07) is 0. The molecule has 1 aliphatic rings. The van der Waals surface area contributed by atoms with Gasteiger partial charge >= 0.3 is 0 Å². The number of hydrogen-bond donors (Lipinski definition) is 2. The molecular formula is C12H15F2NO2S. The standard InChI is InChI=1S/C12H15F2NO2S/c13-12(14,7-16)6-15-11(17)9-5-18-10-4-2-1-3-8(9)10/h5,16H,1-4,6-7H2,(H,15,17). The average Bonchev–Trinajstić information content (AvgIpc) is 2.80. The molecular weight excluding hydrogens is 260 g/mol. The maximum Gasteiger partial charge on any atom is 0.287 e. The van der Waals surface area contributed by atoms with Gasteiger partial charge in [0.1, 0.15) is 6.61 Å². The minimum atomic E-state index is -3.26. The lowest BCUT2D eigenvalue weighted by atomic mass is 9.95. The molecule has 1 aromatic heterocycles. The fraction of sp³-hybridized carbons (Fsp3) is 0.583. The third kappa shape index (κ3) is 2.87. The average molecular weight is 275 g/mol. The number of alkyl halides is 2. The van der Waals surface area contributed by atoms with Crippen LogP contribution in [-0.4, -0.2) is 30.1 Å². The second kappa shape index (κ2) is 5.32. The number of thiophene rings is 1. The van der Waals surface area contributed by atoms with Crippen LogP contribution in [0.1, 0.15) is 33.6 Å². The minimum absolute atomic E-state index is 0.470. The molecule has 1 heterocycles. The first kappa shape index (κ1) is 13.4. The summed E-state index contributed by atoms with van der Waals surface area (Å²) in [4.78, 5) is 13.0. The zero-order valence-corrected chi connectivity index (χ0v) is 10.7. The number of fused-ring (bicyclic) bond motifs is 1. The van der Waals surface area contributed by atoms with Crippen molar-refractivity contribution in [3.8, 4) is 0 Å². The van der Waals surface area contributed by atoms with Crippen molar-refractivity contribution in [1.82, 2.24) is 5.32 Å². The first-order valence-electron chi connectivity index (χ1n) is 5.89. The van der Waals surface area contributed by atoms with Crippen molar-refractivity contribution in [1.29, 1.82) is 0 Å². The number of rotatable bonds is 4. The zero-order chi connectivity index (χ0) is 13.2. The second-order valence-corrected chi connectivity index (χ2v) is 5.42. The number of aliphatic hydroxyl groups is 1. The van der Waals surface area contributed by atoms with Crippen molar-refractivity contribution < 1.29 is 18.7 Å². The Morgan fingerprint density at radius 1 is 1.44 bits per heavy atom. The summed E-state index contributed by atoms with van der Waals surface area (Å²) in [5, 5.41) is 12.4. The molecule has 18 heavy (non-hydrogen) atoms. The summed E-state index contributed by atoms with van der Waals surface area (Å²) in [6.07, 6.45) is 3.98. The summed E-state index contributed by atoms with van der Waals surface area (Å²) < 4.78 is 25.7. The van der Waals surface area contributed by atoms with E-state index in [1.807, 2.05) is 0 Å². The highest BCUT2D eigenvalue weighted by Crippen LogP contribution is 2.30. The van der Waals surface area contributed by atoms with E-state index in [2.05, 4.69) is 5.32 Å². The van der Waals surface area contributed by atoms with Crippen LogP contribution < -0.4 is 5.32 Å². The number of aryl methyl sites for hydroxylation is 1. The normalized spacial score (nSPS) is 15.3. The fourth-order valence-electron chi connectivity index (χ4n) is 2.05. The Kier molecular flexibility index (Phi) is 3.97. The summed E-state index contributed by atoms with van der Waals surface area (Å²) in [5.74, 6) is -3.73. The third-order valence-electron chi connectivity index (χ3n) is 3.04. The first-order valence-corrected chi connectivity index (χ1v) is 6.77. The molecule has 0 saturated carbocycles. The monoisotopic (exact) mass is 275 g/mol. The van der Waals surface area contributed by atoms with E-state index < -0.39 is 25.0 Å². The highest BCUT2D eigenvalue weighted by atomic mass is 32.1. The van der Waals surface area contributed by atoms with Gasteiger partial charge in [0.15, 0.2) is 0 Å². The molecule has 0 radical (unpaired) electrons. The van der Waals surface area contributed by atoms with Crippen LogP contribution in [0.15, 0.2) is 5.38 Å². The molecule has 0 aromatic carbocycles. The second-order valence-electron chi connectivity index (χ2n) is 4.45. The molecule has 0 saturated heterocycles. The van der Waals surface area contributed by atoms with E-state index in [0.29, 0.717) is 5.56 Å². The maximum absolute atomic E-state index is 12.8. The number of hydrogen-bond acceptors (Lipinski definition) is 3. The van der Waals surface area contributed by atoms with E-state index in [1.165, 1.54) is 16.2 Å². The predicted octanol–water partition coefficient (Wildman–Crippen LogP) is 1.98. The van der Waals surface area contributed by atoms with Gasteiger partial charge < -0.3 is 10.4 Å². The number of halogens is 2. The Labute approximate surface area is 108 Å². The quantitative estimate of drug-likeness (QED) is 0.883. The molecule has 1 aliphatic carbocycles. The van der Waals surface area contributed by atoms with Gasteiger partial charge in [-0.1, -0.05) is 0 Å². The van der Waals surface area contributed by atoms with E-state index >= 15 is 0 Å². The molecule has 0 fully saturated rings. The van der Waals surface area contributed by atoms with E-state index in [0.717, 1.165) is 31.2 Å². The van der Waals surface area contributed by atoms with Gasteiger partial charge in [-0.3, -0.25) is 4.79 Å². The van der Waals surface area contributed by atoms with Crippen LogP contribution >= 0.6 is 11.3 Å². The Bertz CT molecular complexity index is 445. The molecule has 1 aromatic rings. The van der Waals surface area contributed by atoms with Crippen LogP contribution in [0.2, 0.25) is 0 Å². The Hall–Kier alpha value is -1.01. The number of carbonyl (C=O) groups excluding carboxylic acids is 1. The molecule has 3 nitrogen and oxygen atoms in total. The van der Waals surface area contributed by atoms with Gasteiger partial charge in [0.25, 0.3) is 11.8 Å². The zero-order valence-electron chi connectivity index (χ0n) is 9.84. The van der Waals surface area contributed by atoms with Crippen LogP contribution in [0.25, 0.3) is 0 Å². The molecule has 2 rings (SSSR count). The van der Waals surface area contributed by atoms with E-state index in [-0.39, 0.29) is 0 Å². The predicted molar refractivity (Wildman–Crippen MR) is 65.3 cm³/mol. The number of amides is 1. The van der Waals surface area contributed by atoms with Crippen molar-refractivity contribution in [2.75, 3.05) is 13.2 Å². The van der Waals surface area contributed by atoms with Crippen molar-refractivity contribution in [2.24, 2.45) is 0 Å². The molecule has 0 bridgehead atoms. The smallest absolute Gasteiger partial charge is 0.287 e. The van der Waals surface area contributed by atoms with Crippen LogP contribution in [-0.2, 0) is 12.8 Å². The van der Waals surface area contributed by atoms with Crippen molar-refractivity contribution in [3.05, 3.63) is 21.4 Å². The molecule has 0 aliphatic heterocycles. The largest absolute Gasteiger partial charge is 0.390 e. The van der Waals surface area contributed by atoms with Gasteiger partial charge in [0.05, 0.1) is 12.1 Å². The van der Waals surface area contributed by atoms with E-state index in [1.54, 1.807) is 5.38 Å². The lowest BCUT2D eigenvalue weighted by Crippen LogP contribution is -2.39. The van der Waals surface area contributed by atoms with Gasteiger partial charge in [0.2, 0.25) is 0 Å². The highest BCUT2D eigenvalue weighted by Gasteiger charge is 2.29. The van der Waals surface area contributed by atoms with E-state index in [4.69, 9.17) is 5.11 Å².